The van der Waals surface area contributed by atoms with E-state index < -0.39 is 8.32 Å². The molecule has 0 atom stereocenters. The summed E-state index contributed by atoms with van der Waals surface area (Å²) >= 11 is 3.31. The van der Waals surface area contributed by atoms with E-state index in [2.05, 4.69) is 26.2 Å². The standard InChI is InChI=1S/C20H23BrN2O4Si/c1-28(2,3)27-19-17(25)18(26-20(19)23-16(24)9-6-10-21)14-11-13-7-4-5-8-15(13)22-12-14/h4-5,7-8,11-12,25H,6,9-10H2,1-3H3,(H,23,24). The summed E-state index contributed by atoms with van der Waals surface area (Å²) in [6, 6.07) is 9.57. The minimum Gasteiger partial charge on any atom is -0.538 e. The predicted octanol–water partition coefficient (Wildman–Crippen LogP) is 5.53. The van der Waals surface area contributed by atoms with Crippen molar-refractivity contribution in [1.29, 1.82) is 0 Å². The molecule has 0 aliphatic carbocycles. The molecule has 0 saturated carbocycles. The lowest BCUT2D eigenvalue weighted by atomic mass is 10.1. The fraction of sp³-hybridized carbons (Fsp3) is 0.300. The Balaban J connectivity index is 2.02. The number of anilines is 1. The van der Waals surface area contributed by atoms with Gasteiger partial charge in [0, 0.05) is 28.9 Å². The maximum atomic E-state index is 12.2. The first-order chi connectivity index (χ1) is 13.3. The molecule has 6 nitrogen and oxygen atoms in total. The van der Waals surface area contributed by atoms with Crippen molar-refractivity contribution < 1.29 is 18.7 Å². The largest absolute Gasteiger partial charge is 0.538 e. The number of fused-ring (bicyclic) bond motifs is 1. The Hall–Kier alpha value is -2.32. The van der Waals surface area contributed by atoms with Crippen molar-refractivity contribution in [2.75, 3.05) is 10.6 Å². The van der Waals surface area contributed by atoms with Gasteiger partial charge in [-0.1, -0.05) is 34.1 Å². The molecule has 8 heteroatoms. The normalized spacial score (nSPS) is 11.6. The molecule has 3 rings (SSSR count). The number of hydrogen-bond donors (Lipinski definition) is 2. The third-order valence-electron chi connectivity index (χ3n) is 3.89. The van der Waals surface area contributed by atoms with Gasteiger partial charge in [0.05, 0.1) is 5.52 Å². The smallest absolute Gasteiger partial charge is 0.245 e. The molecule has 0 saturated heterocycles. The van der Waals surface area contributed by atoms with Gasteiger partial charge >= 0.3 is 0 Å². The van der Waals surface area contributed by atoms with Gasteiger partial charge in [-0.3, -0.25) is 15.1 Å². The van der Waals surface area contributed by atoms with Gasteiger partial charge in [-0.15, -0.1) is 0 Å². The Kier molecular flexibility index (Phi) is 6.10. The van der Waals surface area contributed by atoms with Crippen molar-refractivity contribution in [2.24, 2.45) is 0 Å². The average molecular weight is 463 g/mol. The zero-order chi connectivity index (χ0) is 20.3. The second kappa shape index (κ2) is 8.36. The summed E-state index contributed by atoms with van der Waals surface area (Å²) in [7, 11) is -2.06. The highest BCUT2D eigenvalue weighted by atomic mass is 79.9. The van der Waals surface area contributed by atoms with Gasteiger partial charge in [-0.2, -0.15) is 0 Å². The van der Waals surface area contributed by atoms with E-state index in [-0.39, 0.29) is 29.1 Å². The second-order valence-corrected chi connectivity index (χ2v) is 12.6. The van der Waals surface area contributed by atoms with E-state index in [4.69, 9.17) is 8.84 Å². The van der Waals surface area contributed by atoms with Crippen molar-refractivity contribution in [3.8, 4) is 22.8 Å². The molecule has 3 aromatic rings. The van der Waals surface area contributed by atoms with Gasteiger partial charge in [-0.05, 0) is 38.2 Å². The van der Waals surface area contributed by atoms with Crippen LogP contribution in [0.25, 0.3) is 22.2 Å². The third kappa shape index (κ3) is 4.74. The molecule has 1 amide bonds. The number of benzene rings is 1. The summed E-state index contributed by atoms with van der Waals surface area (Å²) in [6.45, 7) is 5.98. The summed E-state index contributed by atoms with van der Waals surface area (Å²) in [4.78, 5) is 16.6. The highest BCUT2D eigenvalue weighted by Crippen LogP contribution is 2.47. The van der Waals surface area contributed by atoms with Gasteiger partial charge in [0.2, 0.25) is 31.6 Å². The number of pyridine rings is 1. The van der Waals surface area contributed by atoms with Crippen LogP contribution in [0, 0.1) is 0 Å². The Morgan fingerprint density at radius 2 is 2.07 bits per heavy atom. The number of carbonyl (C=O) groups is 1. The molecule has 2 N–H and O–H groups in total. The predicted molar refractivity (Wildman–Crippen MR) is 117 cm³/mol. The van der Waals surface area contributed by atoms with Crippen LogP contribution in [0.3, 0.4) is 0 Å². The molecule has 28 heavy (non-hydrogen) atoms. The number of halogens is 1. The van der Waals surface area contributed by atoms with E-state index >= 15 is 0 Å². The number of nitrogens with zero attached hydrogens (tertiary/aromatic N) is 1. The second-order valence-electron chi connectivity index (χ2n) is 7.41. The first-order valence-electron chi connectivity index (χ1n) is 9.04. The first-order valence-corrected chi connectivity index (χ1v) is 13.6. The van der Waals surface area contributed by atoms with Crippen LogP contribution in [0.15, 0.2) is 40.9 Å². The highest BCUT2D eigenvalue weighted by molar-refractivity contribution is 9.09. The number of aromatic hydroxyl groups is 1. The molecular weight excluding hydrogens is 440 g/mol. The fourth-order valence-corrected chi connectivity index (χ4v) is 3.78. The highest BCUT2D eigenvalue weighted by Gasteiger charge is 2.29. The van der Waals surface area contributed by atoms with Crippen molar-refractivity contribution >= 4 is 46.9 Å². The Morgan fingerprint density at radius 3 is 2.79 bits per heavy atom. The molecule has 148 valence electrons. The van der Waals surface area contributed by atoms with E-state index in [0.29, 0.717) is 18.4 Å². The first kappa shape index (κ1) is 20.4. The van der Waals surface area contributed by atoms with Crippen LogP contribution in [-0.2, 0) is 4.79 Å². The molecule has 2 heterocycles. The van der Waals surface area contributed by atoms with Gasteiger partial charge in [0.1, 0.15) is 0 Å². The van der Waals surface area contributed by atoms with Crippen molar-refractivity contribution in [1.82, 2.24) is 4.98 Å². The Bertz CT molecular complexity index is 998. The SMILES string of the molecule is C[Si](C)(C)Oc1c(NC(=O)CCCBr)oc(-c2cnc3ccccc3c2)c1O. The number of rotatable bonds is 7. The minimum atomic E-state index is -2.06. The zero-order valence-electron chi connectivity index (χ0n) is 16.1. The molecule has 1 aromatic carbocycles. The third-order valence-corrected chi connectivity index (χ3v) is 5.27. The lowest BCUT2D eigenvalue weighted by Crippen LogP contribution is -2.29. The molecule has 0 aliphatic heterocycles. The maximum Gasteiger partial charge on any atom is 0.245 e. The fourth-order valence-electron chi connectivity index (χ4n) is 2.70. The summed E-state index contributed by atoms with van der Waals surface area (Å²) in [5, 5.41) is 15.2. The summed E-state index contributed by atoms with van der Waals surface area (Å²) in [5.41, 5.74) is 1.46. The molecular formula is C20H23BrN2O4Si. The van der Waals surface area contributed by atoms with Crippen LogP contribution in [-0.4, -0.2) is 29.6 Å². The maximum absolute atomic E-state index is 12.2. The molecule has 2 aromatic heterocycles. The van der Waals surface area contributed by atoms with Crippen LogP contribution in [0.4, 0.5) is 5.88 Å². The van der Waals surface area contributed by atoms with Crippen molar-refractivity contribution in [3.05, 3.63) is 36.5 Å². The average Bonchev–Trinajstić information content (AvgIpc) is 2.94. The number of aromatic nitrogens is 1. The number of carbonyl (C=O) groups excluding carboxylic acids is 1. The monoisotopic (exact) mass is 462 g/mol. The van der Waals surface area contributed by atoms with Crippen LogP contribution >= 0.6 is 15.9 Å². The van der Waals surface area contributed by atoms with E-state index in [1.807, 2.05) is 50.0 Å². The molecule has 0 spiro atoms. The van der Waals surface area contributed by atoms with Gasteiger partial charge in [0.25, 0.3) is 0 Å². The summed E-state index contributed by atoms with van der Waals surface area (Å²) < 4.78 is 11.8. The Labute approximate surface area is 173 Å². The number of alkyl halides is 1. The number of nitrogens with one attached hydrogen (secondary N) is 1. The number of para-hydroxylation sites is 1. The topological polar surface area (TPSA) is 84.6 Å². The number of amides is 1. The van der Waals surface area contributed by atoms with Gasteiger partial charge in [-0.25, -0.2) is 0 Å². The lowest BCUT2D eigenvalue weighted by Gasteiger charge is -2.18. The van der Waals surface area contributed by atoms with Gasteiger partial charge in [0.15, 0.2) is 5.76 Å². The number of furan rings is 1. The van der Waals surface area contributed by atoms with E-state index in [9.17, 15) is 9.90 Å². The van der Waals surface area contributed by atoms with Crippen LogP contribution in [0.5, 0.6) is 11.5 Å². The summed E-state index contributed by atoms with van der Waals surface area (Å²) in [6.07, 6.45) is 2.67. The quantitative estimate of drug-likeness (QED) is 0.356. The van der Waals surface area contributed by atoms with E-state index in [1.165, 1.54) is 0 Å². The van der Waals surface area contributed by atoms with Crippen LogP contribution in [0.2, 0.25) is 19.6 Å². The minimum absolute atomic E-state index is 0.127. The van der Waals surface area contributed by atoms with E-state index in [0.717, 1.165) is 16.2 Å². The van der Waals surface area contributed by atoms with Gasteiger partial charge < -0.3 is 13.9 Å². The summed E-state index contributed by atoms with van der Waals surface area (Å²) in [5.74, 6) is 0.201. The van der Waals surface area contributed by atoms with E-state index in [1.54, 1.807) is 6.20 Å². The zero-order valence-corrected chi connectivity index (χ0v) is 18.7. The van der Waals surface area contributed by atoms with Crippen LogP contribution in [0.1, 0.15) is 12.8 Å². The lowest BCUT2D eigenvalue weighted by molar-refractivity contribution is -0.116. The van der Waals surface area contributed by atoms with Crippen molar-refractivity contribution in [3.63, 3.8) is 0 Å². The molecule has 0 fully saturated rings. The molecule has 0 unspecified atom stereocenters. The molecule has 0 radical (unpaired) electrons. The molecule has 0 aliphatic rings. The van der Waals surface area contributed by atoms with Crippen molar-refractivity contribution in [2.45, 2.75) is 32.5 Å². The Morgan fingerprint density at radius 1 is 1.32 bits per heavy atom. The molecule has 0 bridgehead atoms. The number of hydrogen-bond acceptors (Lipinski definition) is 5. The van der Waals surface area contributed by atoms with Crippen LogP contribution < -0.4 is 9.74 Å².